The number of nitrogens with zero attached hydrogens (tertiary/aromatic N) is 1. The molecule has 112 valence electrons. The predicted octanol–water partition coefficient (Wildman–Crippen LogP) is 2.96. The number of ether oxygens (including phenoxy) is 1. The number of anilines is 1. The van der Waals surface area contributed by atoms with E-state index in [1.165, 1.54) is 11.1 Å². The van der Waals surface area contributed by atoms with Crippen LogP contribution in [0.5, 0.6) is 0 Å². The molecule has 0 spiro atoms. The molecule has 3 N–H and O–H groups in total. The van der Waals surface area contributed by atoms with Gasteiger partial charge in [-0.2, -0.15) is 0 Å². The summed E-state index contributed by atoms with van der Waals surface area (Å²) in [6, 6.07) is 6.35. The fraction of sp³-hybridized carbons (Fsp3) is 0.562. The molecular formula is C16H27N3O. The third-order valence-corrected chi connectivity index (χ3v) is 3.18. The first-order chi connectivity index (χ1) is 9.72. The average molecular weight is 277 g/mol. The highest BCUT2D eigenvalue weighted by Gasteiger charge is 2.06. The first-order valence-corrected chi connectivity index (χ1v) is 7.48. The first-order valence-electron chi connectivity index (χ1n) is 7.48. The molecule has 0 aliphatic rings. The topological polar surface area (TPSA) is 59.6 Å². The Bertz CT molecular complexity index is 407. The number of benzene rings is 1. The van der Waals surface area contributed by atoms with Crippen LogP contribution in [-0.4, -0.2) is 25.7 Å². The normalized spacial score (nSPS) is 11.7. The van der Waals surface area contributed by atoms with E-state index in [9.17, 15) is 0 Å². The van der Waals surface area contributed by atoms with E-state index in [0.717, 1.165) is 38.2 Å². The summed E-state index contributed by atoms with van der Waals surface area (Å²) in [6.07, 6.45) is 2.86. The fourth-order valence-electron chi connectivity index (χ4n) is 2.08. The van der Waals surface area contributed by atoms with Gasteiger partial charge >= 0.3 is 0 Å². The van der Waals surface area contributed by atoms with Gasteiger partial charge in [-0.15, -0.1) is 0 Å². The third-order valence-electron chi connectivity index (χ3n) is 3.18. The lowest BCUT2D eigenvalue weighted by molar-refractivity contribution is 0.146. The molecule has 0 aromatic heterocycles. The fourth-order valence-corrected chi connectivity index (χ4v) is 2.08. The van der Waals surface area contributed by atoms with E-state index in [2.05, 4.69) is 42.4 Å². The van der Waals surface area contributed by atoms with Gasteiger partial charge in [0.1, 0.15) is 0 Å². The molecule has 0 bridgehead atoms. The van der Waals surface area contributed by atoms with Crippen LogP contribution < -0.4 is 11.1 Å². The van der Waals surface area contributed by atoms with Gasteiger partial charge in [-0.3, -0.25) is 4.99 Å². The van der Waals surface area contributed by atoms with E-state index < -0.39 is 0 Å². The largest absolute Gasteiger partial charge is 0.382 e. The molecular weight excluding hydrogens is 250 g/mol. The van der Waals surface area contributed by atoms with Crippen LogP contribution in [0.15, 0.2) is 23.2 Å². The van der Waals surface area contributed by atoms with E-state index in [0.29, 0.717) is 12.5 Å². The lowest BCUT2D eigenvalue weighted by Crippen LogP contribution is -2.24. The molecule has 0 saturated heterocycles. The number of nitrogens with one attached hydrogen (secondary N) is 1. The Balaban J connectivity index is 2.64. The number of guanidine groups is 1. The molecule has 0 radical (unpaired) electrons. The van der Waals surface area contributed by atoms with Gasteiger partial charge in [0.2, 0.25) is 0 Å². The lowest BCUT2D eigenvalue weighted by Gasteiger charge is -2.14. The second-order valence-corrected chi connectivity index (χ2v) is 4.60. The lowest BCUT2D eigenvalue weighted by atomic mass is 10.0. The van der Waals surface area contributed by atoms with E-state index in [4.69, 9.17) is 10.5 Å². The maximum absolute atomic E-state index is 5.97. The van der Waals surface area contributed by atoms with Crippen LogP contribution in [0, 0.1) is 0 Å². The molecule has 1 aromatic carbocycles. The summed E-state index contributed by atoms with van der Waals surface area (Å²) in [5.74, 6) is 0.483. The van der Waals surface area contributed by atoms with Crippen molar-refractivity contribution in [3.63, 3.8) is 0 Å². The van der Waals surface area contributed by atoms with Crippen LogP contribution in [0.2, 0.25) is 0 Å². The zero-order valence-electron chi connectivity index (χ0n) is 12.9. The van der Waals surface area contributed by atoms with E-state index >= 15 is 0 Å². The van der Waals surface area contributed by atoms with Gasteiger partial charge in [0, 0.05) is 25.4 Å². The number of rotatable bonds is 8. The molecule has 0 atom stereocenters. The molecule has 0 saturated carbocycles. The minimum absolute atomic E-state index is 0.483. The van der Waals surface area contributed by atoms with Crippen LogP contribution >= 0.6 is 0 Å². The maximum atomic E-state index is 5.97. The van der Waals surface area contributed by atoms with Gasteiger partial charge < -0.3 is 15.8 Å². The summed E-state index contributed by atoms with van der Waals surface area (Å²) in [5.41, 5.74) is 9.63. The van der Waals surface area contributed by atoms with Gasteiger partial charge in [-0.1, -0.05) is 32.0 Å². The van der Waals surface area contributed by atoms with Crippen molar-refractivity contribution in [2.75, 3.05) is 25.1 Å². The summed E-state index contributed by atoms with van der Waals surface area (Å²) in [6.45, 7) is 8.46. The maximum Gasteiger partial charge on any atom is 0.193 e. The molecule has 1 aromatic rings. The van der Waals surface area contributed by atoms with Crippen molar-refractivity contribution in [2.24, 2.45) is 10.7 Å². The Hall–Kier alpha value is -1.55. The molecule has 0 aliphatic heterocycles. The highest BCUT2D eigenvalue weighted by Crippen LogP contribution is 2.22. The van der Waals surface area contributed by atoms with Crippen molar-refractivity contribution in [1.29, 1.82) is 0 Å². The highest BCUT2D eigenvalue weighted by atomic mass is 16.5. The second kappa shape index (κ2) is 9.37. The van der Waals surface area contributed by atoms with Gasteiger partial charge in [-0.25, -0.2) is 0 Å². The second-order valence-electron chi connectivity index (χ2n) is 4.60. The molecule has 0 fully saturated rings. The molecule has 1 rings (SSSR count). The van der Waals surface area contributed by atoms with Crippen molar-refractivity contribution >= 4 is 11.6 Å². The number of nitrogens with two attached hydrogens (primary N) is 1. The zero-order chi connectivity index (χ0) is 14.8. The quantitative estimate of drug-likeness (QED) is 0.436. The van der Waals surface area contributed by atoms with Gasteiger partial charge in [0.25, 0.3) is 0 Å². The van der Waals surface area contributed by atoms with Crippen molar-refractivity contribution in [3.05, 3.63) is 29.3 Å². The summed E-state index contributed by atoms with van der Waals surface area (Å²) in [4.78, 5) is 4.35. The van der Waals surface area contributed by atoms with Crippen LogP contribution in [0.1, 0.15) is 38.3 Å². The first kappa shape index (κ1) is 16.5. The van der Waals surface area contributed by atoms with Crippen molar-refractivity contribution in [2.45, 2.75) is 40.0 Å². The minimum Gasteiger partial charge on any atom is -0.382 e. The Morgan fingerprint density at radius 1 is 1.20 bits per heavy atom. The standard InChI is InChI=1S/C16H27N3O/c1-4-13-9-7-10-14(5-2)15(13)19-16(17)18-11-8-12-20-6-3/h7,9-10H,4-6,8,11-12H2,1-3H3,(H3,17,18,19). The van der Waals surface area contributed by atoms with Gasteiger partial charge in [0.05, 0.1) is 0 Å². The van der Waals surface area contributed by atoms with Crippen molar-refractivity contribution < 1.29 is 4.74 Å². The molecule has 0 unspecified atom stereocenters. The van der Waals surface area contributed by atoms with Crippen LogP contribution in [0.25, 0.3) is 0 Å². The summed E-state index contributed by atoms with van der Waals surface area (Å²) in [7, 11) is 0. The molecule has 20 heavy (non-hydrogen) atoms. The van der Waals surface area contributed by atoms with Crippen molar-refractivity contribution in [1.82, 2.24) is 0 Å². The van der Waals surface area contributed by atoms with Crippen LogP contribution in [-0.2, 0) is 17.6 Å². The monoisotopic (exact) mass is 277 g/mol. The van der Waals surface area contributed by atoms with E-state index in [1.54, 1.807) is 0 Å². The highest BCUT2D eigenvalue weighted by molar-refractivity contribution is 5.93. The Kier molecular flexibility index (Phi) is 7.73. The molecule has 4 nitrogen and oxygen atoms in total. The molecule has 0 heterocycles. The summed E-state index contributed by atoms with van der Waals surface area (Å²) >= 11 is 0. The van der Waals surface area contributed by atoms with Crippen molar-refractivity contribution in [3.8, 4) is 0 Å². The van der Waals surface area contributed by atoms with Crippen LogP contribution in [0.3, 0.4) is 0 Å². The SMILES string of the molecule is CCOCCCN=C(N)Nc1c(CC)cccc1CC. The number of hydrogen-bond donors (Lipinski definition) is 2. The Morgan fingerprint density at radius 3 is 2.40 bits per heavy atom. The van der Waals surface area contributed by atoms with Crippen LogP contribution in [0.4, 0.5) is 5.69 Å². The number of aryl methyl sites for hydroxylation is 2. The Labute approximate surface area is 122 Å². The molecule has 0 aliphatic carbocycles. The summed E-state index contributed by atoms with van der Waals surface area (Å²) < 4.78 is 5.28. The van der Waals surface area contributed by atoms with Gasteiger partial charge in [-0.05, 0) is 37.3 Å². The van der Waals surface area contributed by atoms with E-state index in [1.807, 2.05) is 6.92 Å². The average Bonchev–Trinajstić information content (AvgIpc) is 2.47. The molecule has 0 amide bonds. The number of para-hydroxylation sites is 1. The minimum atomic E-state index is 0.483. The number of aliphatic imine (C=N–C) groups is 1. The van der Waals surface area contributed by atoms with E-state index in [-0.39, 0.29) is 0 Å². The number of hydrogen-bond acceptors (Lipinski definition) is 2. The smallest absolute Gasteiger partial charge is 0.193 e. The zero-order valence-corrected chi connectivity index (χ0v) is 12.9. The molecule has 4 heteroatoms. The van der Waals surface area contributed by atoms with Gasteiger partial charge in [0.15, 0.2) is 5.96 Å². The predicted molar refractivity (Wildman–Crippen MR) is 86.4 cm³/mol. The Morgan fingerprint density at radius 2 is 1.85 bits per heavy atom. The summed E-state index contributed by atoms with van der Waals surface area (Å²) in [5, 5.41) is 3.26. The third kappa shape index (κ3) is 5.21.